The number of phosphoric ester groups is 1. The van der Waals surface area contributed by atoms with E-state index in [2.05, 4.69) is 0 Å². The third-order valence-electron chi connectivity index (χ3n) is 1.68. The van der Waals surface area contributed by atoms with Crippen LogP contribution in [0.3, 0.4) is 0 Å². The van der Waals surface area contributed by atoms with Gasteiger partial charge in [0, 0.05) is 0 Å². The van der Waals surface area contributed by atoms with Crippen LogP contribution in [0, 0.1) is 0 Å². The molecule has 6 nitrogen and oxygen atoms in total. The van der Waals surface area contributed by atoms with Crippen molar-refractivity contribution in [2.45, 2.75) is 20.0 Å². The Balaban J connectivity index is 2.67. The number of cyclic esters (lactones) is 1. The molecule has 1 unspecified atom stereocenters. The maximum absolute atomic E-state index is 11.9. The number of phosphoric acid groups is 1. The van der Waals surface area contributed by atoms with Crippen molar-refractivity contribution >= 4 is 13.8 Å². The van der Waals surface area contributed by atoms with Crippen molar-refractivity contribution in [2.75, 3.05) is 19.8 Å². The van der Waals surface area contributed by atoms with E-state index in [0.717, 1.165) is 0 Å². The molecule has 1 rings (SSSR count). The lowest BCUT2D eigenvalue weighted by Crippen LogP contribution is -2.27. The summed E-state index contributed by atoms with van der Waals surface area (Å²) in [6.45, 7) is 3.85. The van der Waals surface area contributed by atoms with Gasteiger partial charge >= 0.3 is 13.8 Å². The van der Waals surface area contributed by atoms with Crippen LogP contribution in [0.25, 0.3) is 0 Å². The third kappa shape index (κ3) is 3.72. The van der Waals surface area contributed by atoms with Crippen LogP contribution in [0.15, 0.2) is 12.2 Å². The third-order valence-corrected chi connectivity index (χ3v) is 3.32. The molecular formula is C9H15O6P. The van der Waals surface area contributed by atoms with E-state index in [1.54, 1.807) is 19.9 Å². The molecule has 0 saturated carbocycles. The Morgan fingerprint density at radius 1 is 1.44 bits per heavy atom. The van der Waals surface area contributed by atoms with Gasteiger partial charge in [-0.05, 0) is 26.0 Å². The molecule has 7 heteroatoms. The Labute approximate surface area is 94.1 Å². The first-order valence-electron chi connectivity index (χ1n) is 5.02. The molecule has 0 bridgehead atoms. The number of carbonyl (C=O) groups is 1. The molecule has 0 spiro atoms. The number of hydrogen-bond donors (Lipinski definition) is 0. The summed E-state index contributed by atoms with van der Waals surface area (Å²) in [7, 11) is -3.68. The summed E-state index contributed by atoms with van der Waals surface area (Å²) in [5, 5.41) is 0. The van der Waals surface area contributed by atoms with E-state index in [9.17, 15) is 9.36 Å². The van der Waals surface area contributed by atoms with Gasteiger partial charge in [-0.15, -0.1) is 0 Å². The maximum atomic E-state index is 11.9. The first kappa shape index (κ1) is 13.4. The molecule has 0 aliphatic carbocycles. The van der Waals surface area contributed by atoms with Crippen molar-refractivity contribution in [3.05, 3.63) is 12.2 Å². The van der Waals surface area contributed by atoms with Crippen LogP contribution in [0.2, 0.25) is 0 Å². The molecule has 0 saturated heterocycles. The molecule has 0 N–H and O–H groups in total. The number of esters is 1. The molecule has 0 aromatic carbocycles. The first-order chi connectivity index (χ1) is 7.61. The Hall–Kier alpha value is -0.680. The van der Waals surface area contributed by atoms with Gasteiger partial charge < -0.3 is 4.74 Å². The SMILES string of the molecule is CCOP(=O)(OCC)OC1C=CCOC1=O. The minimum atomic E-state index is -3.68. The molecule has 1 atom stereocenters. The summed E-state index contributed by atoms with van der Waals surface area (Å²) in [6, 6.07) is 0. The second-order valence-corrected chi connectivity index (χ2v) is 4.49. The Morgan fingerprint density at radius 3 is 2.56 bits per heavy atom. The van der Waals surface area contributed by atoms with Crippen LogP contribution in [0.4, 0.5) is 0 Å². The molecule has 0 aromatic rings. The van der Waals surface area contributed by atoms with E-state index >= 15 is 0 Å². The minimum Gasteiger partial charge on any atom is -0.459 e. The molecule has 1 heterocycles. The van der Waals surface area contributed by atoms with Crippen molar-refractivity contribution in [1.29, 1.82) is 0 Å². The monoisotopic (exact) mass is 250 g/mol. The molecule has 92 valence electrons. The van der Waals surface area contributed by atoms with Gasteiger partial charge in [0.15, 0.2) is 6.10 Å². The zero-order valence-corrected chi connectivity index (χ0v) is 10.1. The van der Waals surface area contributed by atoms with Crippen LogP contribution in [0.5, 0.6) is 0 Å². The fourth-order valence-electron chi connectivity index (χ4n) is 1.10. The largest absolute Gasteiger partial charge is 0.475 e. The van der Waals surface area contributed by atoms with E-state index in [-0.39, 0.29) is 19.8 Å². The van der Waals surface area contributed by atoms with Gasteiger partial charge in [0.2, 0.25) is 0 Å². The Bertz CT molecular complexity index is 303. The van der Waals surface area contributed by atoms with Gasteiger partial charge in [-0.25, -0.2) is 9.36 Å². The normalized spacial score (nSPS) is 20.9. The summed E-state index contributed by atoms with van der Waals surface area (Å²) >= 11 is 0. The van der Waals surface area contributed by atoms with Crippen molar-refractivity contribution in [3.8, 4) is 0 Å². The summed E-state index contributed by atoms with van der Waals surface area (Å²) in [5.41, 5.74) is 0. The Morgan fingerprint density at radius 2 is 2.06 bits per heavy atom. The van der Waals surface area contributed by atoms with E-state index in [1.807, 2.05) is 0 Å². The number of hydrogen-bond acceptors (Lipinski definition) is 6. The fraction of sp³-hybridized carbons (Fsp3) is 0.667. The first-order valence-corrected chi connectivity index (χ1v) is 6.48. The smallest absolute Gasteiger partial charge is 0.459 e. The zero-order chi connectivity index (χ0) is 12.0. The quantitative estimate of drug-likeness (QED) is 0.405. The fourth-order valence-corrected chi connectivity index (χ4v) is 2.36. The zero-order valence-electron chi connectivity index (χ0n) is 9.25. The van der Waals surface area contributed by atoms with Crippen molar-refractivity contribution < 1.29 is 27.7 Å². The highest BCUT2D eigenvalue weighted by atomic mass is 31.2. The van der Waals surface area contributed by atoms with Crippen LogP contribution < -0.4 is 0 Å². The summed E-state index contributed by atoms with van der Waals surface area (Å²) < 4.78 is 31.4. The highest BCUT2D eigenvalue weighted by Gasteiger charge is 2.34. The summed E-state index contributed by atoms with van der Waals surface area (Å²) in [4.78, 5) is 11.2. The van der Waals surface area contributed by atoms with E-state index in [1.165, 1.54) is 6.08 Å². The lowest BCUT2D eigenvalue weighted by Gasteiger charge is -2.21. The van der Waals surface area contributed by atoms with Gasteiger partial charge in [0.25, 0.3) is 0 Å². The van der Waals surface area contributed by atoms with Crippen molar-refractivity contribution in [1.82, 2.24) is 0 Å². The summed E-state index contributed by atoms with van der Waals surface area (Å²) in [5.74, 6) is -0.595. The van der Waals surface area contributed by atoms with Gasteiger partial charge in [0.1, 0.15) is 6.61 Å². The average Bonchev–Trinajstić information content (AvgIpc) is 2.22. The van der Waals surface area contributed by atoms with E-state index in [4.69, 9.17) is 18.3 Å². The molecule has 0 aromatic heterocycles. The highest BCUT2D eigenvalue weighted by Crippen LogP contribution is 2.50. The minimum absolute atomic E-state index is 0.169. The van der Waals surface area contributed by atoms with Crippen LogP contribution in [-0.2, 0) is 27.7 Å². The van der Waals surface area contributed by atoms with Gasteiger partial charge in [-0.3, -0.25) is 13.6 Å². The predicted molar refractivity (Wildman–Crippen MR) is 55.8 cm³/mol. The predicted octanol–water partition coefficient (Wildman–Crippen LogP) is 1.67. The average molecular weight is 250 g/mol. The molecule has 16 heavy (non-hydrogen) atoms. The molecule has 1 aliphatic heterocycles. The number of carbonyl (C=O) groups excluding carboxylic acids is 1. The van der Waals surface area contributed by atoms with E-state index in [0.29, 0.717) is 0 Å². The van der Waals surface area contributed by atoms with Gasteiger partial charge in [-0.1, -0.05) is 0 Å². The highest BCUT2D eigenvalue weighted by molar-refractivity contribution is 7.48. The molecular weight excluding hydrogens is 235 g/mol. The van der Waals surface area contributed by atoms with Crippen LogP contribution >= 0.6 is 7.82 Å². The Kier molecular flexibility index (Phi) is 5.15. The standard InChI is InChI=1S/C9H15O6P/c1-3-13-16(11,14-4-2)15-8-6-5-7-12-9(8)10/h5-6,8H,3-4,7H2,1-2H3. The second kappa shape index (κ2) is 6.15. The van der Waals surface area contributed by atoms with Crippen molar-refractivity contribution in [2.24, 2.45) is 0 Å². The van der Waals surface area contributed by atoms with E-state index < -0.39 is 19.9 Å². The van der Waals surface area contributed by atoms with Gasteiger partial charge in [0.05, 0.1) is 13.2 Å². The molecule has 0 amide bonds. The molecule has 0 radical (unpaired) electrons. The lowest BCUT2D eigenvalue weighted by molar-refractivity contribution is -0.150. The number of ether oxygens (including phenoxy) is 1. The molecule has 1 aliphatic rings. The van der Waals surface area contributed by atoms with Crippen LogP contribution in [0.1, 0.15) is 13.8 Å². The summed E-state index contributed by atoms with van der Waals surface area (Å²) in [6.07, 6.45) is 2.04. The molecule has 0 fully saturated rings. The lowest BCUT2D eigenvalue weighted by atomic mass is 10.3. The second-order valence-electron chi connectivity index (χ2n) is 2.87. The van der Waals surface area contributed by atoms with Crippen molar-refractivity contribution in [3.63, 3.8) is 0 Å². The van der Waals surface area contributed by atoms with Gasteiger partial charge in [-0.2, -0.15) is 0 Å². The van der Waals surface area contributed by atoms with Crippen LogP contribution in [-0.4, -0.2) is 31.9 Å². The number of rotatable bonds is 6. The maximum Gasteiger partial charge on any atom is 0.475 e. The topological polar surface area (TPSA) is 71.1 Å².